The van der Waals surface area contributed by atoms with Gasteiger partial charge in [-0.1, -0.05) is 20.8 Å². The molecule has 0 bridgehead atoms. The van der Waals surface area contributed by atoms with Crippen LogP contribution in [0, 0.1) is 5.92 Å². The highest BCUT2D eigenvalue weighted by Crippen LogP contribution is 2.43. The first-order valence-corrected chi connectivity index (χ1v) is 10.4. The van der Waals surface area contributed by atoms with Gasteiger partial charge in [-0.25, -0.2) is 0 Å². The van der Waals surface area contributed by atoms with E-state index in [1.807, 2.05) is 33.9 Å². The molecule has 0 spiro atoms. The summed E-state index contributed by atoms with van der Waals surface area (Å²) in [6.45, 7) is 9.60. The molecule has 0 aliphatic heterocycles. The van der Waals surface area contributed by atoms with Gasteiger partial charge in [-0.15, -0.1) is 0 Å². The van der Waals surface area contributed by atoms with Crippen LogP contribution >= 0.6 is 0 Å². The minimum atomic E-state index is -5.70. The van der Waals surface area contributed by atoms with E-state index in [4.69, 9.17) is 4.43 Å². The van der Waals surface area contributed by atoms with Crippen LogP contribution in [0.25, 0.3) is 0 Å². The number of rotatable bonds is 4. The van der Waals surface area contributed by atoms with E-state index >= 15 is 0 Å². The van der Waals surface area contributed by atoms with Gasteiger partial charge in [-0.3, -0.25) is 4.79 Å². The molecule has 0 saturated heterocycles. The van der Waals surface area contributed by atoms with E-state index in [0.29, 0.717) is 6.42 Å². The number of halogens is 6. The van der Waals surface area contributed by atoms with Gasteiger partial charge in [0.25, 0.3) is 6.10 Å². The Bertz CT molecular complexity index is 453. The number of hydrogen-bond donors (Lipinski definition) is 0. The maximum absolute atomic E-state index is 12.5. The molecule has 1 rings (SSSR count). The molecule has 0 radical (unpaired) electrons. The third-order valence-corrected chi connectivity index (χ3v) is 9.10. The fourth-order valence-corrected chi connectivity index (χ4v) is 3.35. The Labute approximate surface area is 137 Å². The highest BCUT2D eigenvalue weighted by Gasteiger charge is 2.60. The van der Waals surface area contributed by atoms with Crippen LogP contribution in [0.2, 0.25) is 18.1 Å². The Kier molecular flexibility index (Phi) is 5.77. The fraction of sp³-hybridized carbons (Fsp3) is 0.929. The van der Waals surface area contributed by atoms with Gasteiger partial charge >= 0.3 is 18.3 Å². The van der Waals surface area contributed by atoms with Crippen LogP contribution in [0.1, 0.15) is 33.6 Å². The Balaban J connectivity index is 2.79. The molecule has 0 heterocycles. The van der Waals surface area contributed by atoms with Crippen molar-refractivity contribution in [1.82, 2.24) is 0 Å². The monoisotopic (exact) mass is 380 g/mol. The van der Waals surface area contributed by atoms with Gasteiger partial charge in [0.2, 0.25) is 0 Å². The van der Waals surface area contributed by atoms with Crippen molar-refractivity contribution in [3.8, 4) is 0 Å². The number of hydrogen-bond acceptors (Lipinski definition) is 3. The molecule has 0 unspecified atom stereocenters. The smallest absolute Gasteiger partial charge is 0.434 e. The average molecular weight is 380 g/mol. The molecule has 3 nitrogen and oxygen atoms in total. The predicted molar refractivity (Wildman–Crippen MR) is 76.8 cm³/mol. The summed E-state index contributed by atoms with van der Waals surface area (Å²) in [6, 6.07) is 0. The Morgan fingerprint density at radius 2 is 1.46 bits per heavy atom. The van der Waals surface area contributed by atoms with E-state index in [-0.39, 0.29) is 11.5 Å². The molecule has 1 aliphatic carbocycles. The normalized spacial score (nSPS) is 23.2. The summed E-state index contributed by atoms with van der Waals surface area (Å²) in [7, 11) is -2.29. The maximum Gasteiger partial charge on any atom is 0.434 e. The standard InChI is InChI=1S/C14H22F6O3Si/c1-12(2,3)24(4,5)23-9-7-6-8(9)10(21)22-11(13(15,16)17)14(18,19)20/h8-9,11H,6-7H2,1-5H3/t8-,9-/m0/s1. The summed E-state index contributed by atoms with van der Waals surface area (Å²) in [6.07, 6.45) is -15.6. The second-order valence-electron chi connectivity index (χ2n) is 7.50. The zero-order chi connectivity index (χ0) is 19.1. The number of carbonyl (C=O) groups excluding carboxylic acids is 1. The molecular formula is C14H22F6O3Si. The van der Waals surface area contributed by atoms with Gasteiger partial charge in [-0.2, -0.15) is 26.3 Å². The van der Waals surface area contributed by atoms with E-state index in [1.54, 1.807) is 0 Å². The molecule has 142 valence electrons. The first-order chi connectivity index (χ1) is 10.5. The molecule has 1 saturated carbocycles. The lowest BCUT2D eigenvalue weighted by Gasteiger charge is -2.45. The van der Waals surface area contributed by atoms with Gasteiger partial charge in [0.1, 0.15) is 0 Å². The lowest BCUT2D eigenvalue weighted by molar-refractivity contribution is -0.315. The minimum Gasteiger partial charge on any atom is -0.442 e. The van der Waals surface area contributed by atoms with Crippen molar-refractivity contribution in [3.63, 3.8) is 0 Å². The summed E-state index contributed by atoms with van der Waals surface area (Å²) in [5.74, 6) is -2.60. The second-order valence-corrected chi connectivity index (χ2v) is 12.3. The van der Waals surface area contributed by atoms with E-state index < -0.39 is 44.8 Å². The van der Waals surface area contributed by atoms with Crippen molar-refractivity contribution in [1.29, 1.82) is 0 Å². The topological polar surface area (TPSA) is 35.5 Å². The van der Waals surface area contributed by atoms with Crippen LogP contribution in [0.15, 0.2) is 0 Å². The summed E-state index contributed by atoms with van der Waals surface area (Å²) in [5, 5.41) is -0.197. The van der Waals surface area contributed by atoms with E-state index in [9.17, 15) is 31.1 Å². The zero-order valence-corrected chi connectivity index (χ0v) is 15.1. The van der Waals surface area contributed by atoms with Crippen LogP contribution in [0.3, 0.4) is 0 Å². The van der Waals surface area contributed by atoms with Crippen molar-refractivity contribution >= 4 is 14.3 Å². The van der Waals surface area contributed by atoms with Crippen molar-refractivity contribution in [2.24, 2.45) is 5.92 Å². The van der Waals surface area contributed by atoms with E-state index in [1.165, 1.54) is 0 Å². The van der Waals surface area contributed by atoms with Gasteiger partial charge in [-0.05, 0) is 31.0 Å². The highest BCUT2D eigenvalue weighted by atomic mass is 28.4. The van der Waals surface area contributed by atoms with Gasteiger partial charge in [0.15, 0.2) is 8.32 Å². The summed E-state index contributed by atoms with van der Waals surface area (Å²) < 4.78 is 84.4. The average Bonchev–Trinajstić information content (AvgIpc) is 2.27. The van der Waals surface area contributed by atoms with Crippen molar-refractivity contribution in [2.45, 2.75) is 76.3 Å². The maximum atomic E-state index is 12.5. The Morgan fingerprint density at radius 1 is 1.00 bits per heavy atom. The molecule has 1 aliphatic rings. The lowest BCUT2D eigenvalue weighted by Crippen LogP contribution is -2.53. The lowest BCUT2D eigenvalue weighted by atomic mass is 9.82. The molecular weight excluding hydrogens is 358 g/mol. The summed E-state index contributed by atoms with van der Waals surface area (Å²) >= 11 is 0. The Hall–Kier alpha value is -0.773. The molecule has 0 aromatic heterocycles. The van der Waals surface area contributed by atoms with Gasteiger partial charge in [0, 0.05) is 0 Å². The Morgan fingerprint density at radius 3 is 1.75 bits per heavy atom. The van der Waals surface area contributed by atoms with E-state index in [2.05, 4.69) is 4.74 Å². The van der Waals surface area contributed by atoms with Gasteiger partial charge < -0.3 is 9.16 Å². The number of esters is 1. The third-order valence-electron chi connectivity index (χ3n) is 4.59. The molecule has 0 aromatic rings. The van der Waals surface area contributed by atoms with Crippen molar-refractivity contribution in [3.05, 3.63) is 0 Å². The summed E-state index contributed by atoms with van der Waals surface area (Å²) in [5.41, 5.74) is 0. The largest absolute Gasteiger partial charge is 0.442 e. The quantitative estimate of drug-likeness (QED) is 0.398. The highest BCUT2D eigenvalue weighted by molar-refractivity contribution is 6.74. The molecule has 0 aromatic carbocycles. The second kappa shape index (κ2) is 6.51. The van der Waals surface area contributed by atoms with Crippen LogP contribution in [-0.2, 0) is 14.0 Å². The van der Waals surface area contributed by atoms with Crippen LogP contribution in [-0.4, -0.2) is 38.8 Å². The zero-order valence-electron chi connectivity index (χ0n) is 14.1. The number of carbonyl (C=O) groups is 1. The first-order valence-electron chi connectivity index (χ1n) is 7.48. The van der Waals surface area contributed by atoms with E-state index in [0.717, 1.165) is 0 Å². The predicted octanol–water partition coefficient (Wildman–Crippen LogP) is 4.82. The molecule has 0 amide bonds. The van der Waals surface area contributed by atoms with Crippen molar-refractivity contribution < 1.29 is 40.3 Å². The molecule has 10 heteroatoms. The number of ether oxygens (including phenoxy) is 1. The van der Waals surface area contributed by atoms with Crippen molar-refractivity contribution in [2.75, 3.05) is 0 Å². The first kappa shape index (κ1) is 21.3. The molecule has 24 heavy (non-hydrogen) atoms. The third kappa shape index (κ3) is 4.87. The fourth-order valence-electron chi connectivity index (χ4n) is 1.96. The summed E-state index contributed by atoms with van der Waals surface area (Å²) in [4.78, 5) is 11.8. The number of alkyl halides is 6. The molecule has 0 N–H and O–H groups in total. The SMILES string of the molecule is CC(C)(C)[Si](C)(C)O[C@H]1CC[C@@H]1C(=O)OC(C(F)(F)F)C(F)(F)F. The van der Waals surface area contributed by atoms with Crippen LogP contribution < -0.4 is 0 Å². The molecule has 2 atom stereocenters. The molecule has 1 fully saturated rings. The van der Waals surface area contributed by atoms with Crippen LogP contribution in [0.5, 0.6) is 0 Å². The van der Waals surface area contributed by atoms with Crippen LogP contribution in [0.4, 0.5) is 26.3 Å². The van der Waals surface area contributed by atoms with Gasteiger partial charge in [0.05, 0.1) is 12.0 Å². The minimum absolute atomic E-state index is 0.153.